The Morgan fingerprint density at radius 1 is 1.09 bits per heavy atom. The van der Waals surface area contributed by atoms with Gasteiger partial charge in [0.25, 0.3) is 5.91 Å². The molecule has 1 aliphatic rings. The molecule has 3 N–H and O–H groups in total. The molecule has 0 bridgehead atoms. The van der Waals surface area contributed by atoms with Gasteiger partial charge >= 0.3 is 0 Å². The molecule has 3 heterocycles. The lowest BCUT2D eigenvalue weighted by Gasteiger charge is -2.31. The van der Waals surface area contributed by atoms with Crippen molar-refractivity contribution in [1.82, 2.24) is 25.1 Å². The Bertz CT molecular complexity index is 1400. The van der Waals surface area contributed by atoms with E-state index in [9.17, 15) is 4.79 Å². The number of hydrogen-bond acceptors (Lipinski definition) is 6. The Kier molecular flexibility index (Phi) is 6.46. The first-order valence-electron chi connectivity index (χ1n) is 12.1. The zero-order valence-electron chi connectivity index (χ0n) is 20.2. The summed E-state index contributed by atoms with van der Waals surface area (Å²) < 4.78 is 1.88. The fourth-order valence-electron chi connectivity index (χ4n) is 4.68. The van der Waals surface area contributed by atoms with Crippen molar-refractivity contribution >= 4 is 33.5 Å². The van der Waals surface area contributed by atoms with Crippen LogP contribution in [0, 0.1) is 0 Å². The quantitative estimate of drug-likeness (QED) is 0.329. The molecule has 1 amide bonds. The van der Waals surface area contributed by atoms with Crippen molar-refractivity contribution in [2.75, 3.05) is 18.0 Å². The van der Waals surface area contributed by atoms with Crippen LogP contribution in [0.15, 0.2) is 60.2 Å². The second-order valence-electron chi connectivity index (χ2n) is 9.37. The fourth-order valence-corrected chi connectivity index (χ4v) is 4.68. The molecule has 0 saturated carbocycles. The average molecular weight is 470 g/mol. The van der Waals surface area contributed by atoms with Crippen LogP contribution >= 0.6 is 0 Å². The van der Waals surface area contributed by atoms with Crippen LogP contribution in [-0.2, 0) is 13.1 Å². The molecule has 0 radical (unpaired) electrons. The molecular weight excluding hydrogens is 438 g/mol. The monoisotopic (exact) mass is 469 g/mol. The van der Waals surface area contributed by atoms with E-state index in [1.807, 2.05) is 54.8 Å². The maximum atomic E-state index is 13.3. The molecule has 1 saturated heterocycles. The topological polar surface area (TPSA) is 102 Å². The molecule has 1 atom stereocenters. The summed E-state index contributed by atoms with van der Waals surface area (Å²) in [6, 6.07) is 16.3. The summed E-state index contributed by atoms with van der Waals surface area (Å²) in [5.41, 5.74) is 9.10. The third-order valence-electron chi connectivity index (χ3n) is 6.46. The molecule has 180 valence electrons. The Morgan fingerprint density at radius 2 is 1.83 bits per heavy atom. The number of fused-ring (bicyclic) bond motifs is 3. The number of amides is 1. The SMILES string of the molecule is CC(C)=CCn1c(C(=O)NCc2nc3ccccc3c3ccccc23)nnc1N1CCCC(N)C1. The molecule has 2 aromatic heterocycles. The van der Waals surface area contributed by atoms with E-state index in [1.54, 1.807) is 0 Å². The molecule has 4 aromatic rings. The van der Waals surface area contributed by atoms with Gasteiger partial charge in [0.1, 0.15) is 0 Å². The van der Waals surface area contributed by atoms with Crippen molar-refractivity contribution < 1.29 is 4.79 Å². The highest BCUT2D eigenvalue weighted by atomic mass is 16.2. The zero-order valence-corrected chi connectivity index (χ0v) is 20.2. The van der Waals surface area contributed by atoms with Crippen LogP contribution in [0.1, 0.15) is 43.0 Å². The number of allylic oxidation sites excluding steroid dienone is 2. The Balaban J connectivity index is 1.44. The number of nitrogens with zero attached hydrogens (tertiary/aromatic N) is 5. The van der Waals surface area contributed by atoms with Crippen molar-refractivity contribution in [3.63, 3.8) is 0 Å². The van der Waals surface area contributed by atoms with Crippen molar-refractivity contribution in [2.24, 2.45) is 5.73 Å². The largest absolute Gasteiger partial charge is 0.344 e. The van der Waals surface area contributed by atoms with Crippen LogP contribution in [0.25, 0.3) is 21.7 Å². The highest BCUT2D eigenvalue weighted by Gasteiger charge is 2.25. The summed E-state index contributed by atoms with van der Waals surface area (Å²) >= 11 is 0. The third kappa shape index (κ3) is 4.74. The van der Waals surface area contributed by atoms with E-state index in [0.717, 1.165) is 52.3 Å². The van der Waals surface area contributed by atoms with Crippen molar-refractivity contribution in [1.29, 1.82) is 0 Å². The summed E-state index contributed by atoms with van der Waals surface area (Å²) in [5.74, 6) is 0.713. The van der Waals surface area contributed by atoms with E-state index < -0.39 is 0 Å². The first-order chi connectivity index (χ1) is 17.0. The average Bonchev–Trinajstić information content (AvgIpc) is 3.30. The van der Waals surface area contributed by atoms with E-state index in [-0.39, 0.29) is 11.9 Å². The number of rotatable bonds is 6. The number of anilines is 1. The lowest BCUT2D eigenvalue weighted by Crippen LogP contribution is -2.44. The third-order valence-corrected chi connectivity index (χ3v) is 6.46. The number of nitrogens with two attached hydrogens (primary N) is 1. The van der Waals surface area contributed by atoms with Gasteiger partial charge in [-0.15, -0.1) is 10.2 Å². The Hall–Kier alpha value is -3.78. The minimum absolute atomic E-state index is 0.0990. The van der Waals surface area contributed by atoms with Gasteiger partial charge < -0.3 is 16.0 Å². The summed E-state index contributed by atoms with van der Waals surface area (Å²) in [6.07, 6.45) is 4.07. The lowest BCUT2D eigenvalue weighted by molar-refractivity contribution is 0.0936. The van der Waals surface area contributed by atoms with E-state index in [4.69, 9.17) is 10.7 Å². The molecule has 0 aliphatic carbocycles. The molecule has 0 spiro atoms. The fraction of sp³-hybridized carbons (Fsp3) is 0.333. The van der Waals surface area contributed by atoms with Crippen molar-refractivity contribution in [3.05, 3.63) is 71.7 Å². The molecule has 1 unspecified atom stereocenters. The zero-order chi connectivity index (χ0) is 24.4. The molecular formula is C27H31N7O. The molecule has 1 aliphatic heterocycles. The van der Waals surface area contributed by atoms with E-state index in [2.05, 4.69) is 38.6 Å². The van der Waals surface area contributed by atoms with Crippen molar-refractivity contribution in [3.8, 4) is 0 Å². The van der Waals surface area contributed by atoms with E-state index >= 15 is 0 Å². The molecule has 8 heteroatoms. The van der Waals surface area contributed by atoms with Gasteiger partial charge in [0.2, 0.25) is 11.8 Å². The van der Waals surface area contributed by atoms with Crippen molar-refractivity contribution in [2.45, 2.75) is 45.8 Å². The highest BCUT2D eigenvalue weighted by Crippen LogP contribution is 2.26. The number of hydrogen-bond donors (Lipinski definition) is 2. The number of nitrogens with one attached hydrogen (secondary N) is 1. The second kappa shape index (κ2) is 9.84. The number of piperidine rings is 1. The molecule has 2 aromatic carbocycles. The van der Waals surface area contributed by atoms with Gasteiger partial charge in [-0.3, -0.25) is 14.3 Å². The van der Waals surface area contributed by atoms with E-state index in [0.29, 0.717) is 31.4 Å². The molecule has 5 rings (SSSR count). The molecule has 1 fully saturated rings. The normalized spacial score (nSPS) is 16.0. The predicted molar refractivity (Wildman–Crippen MR) is 139 cm³/mol. The summed E-state index contributed by atoms with van der Waals surface area (Å²) in [4.78, 5) is 20.3. The predicted octanol–water partition coefficient (Wildman–Crippen LogP) is 3.80. The number of benzene rings is 2. The van der Waals surface area contributed by atoms with Crippen LogP contribution in [0.5, 0.6) is 0 Å². The standard InChI is InChI=1S/C27H31N7O/c1-18(2)13-15-34-25(31-32-27(34)33-14-7-8-19(28)17-33)26(35)29-16-24-22-11-4-3-9-20(22)21-10-5-6-12-23(21)30-24/h3-6,9-13,19H,7-8,14-17,28H2,1-2H3,(H,29,35). The summed E-state index contributed by atoms with van der Waals surface area (Å²) in [5, 5.41) is 15.0. The van der Waals surface area contributed by atoms with Gasteiger partial charge in [0.05, 0.1) is 17.8 Å². The van der Waals surface area contributed by atoms with Gasteiger partial charge in [-0.1, -0.05) is 54.1 Å². The summed E-state index contributed by atoms with van der Waals surface area (Å²) in [6.45, 7) is 6.46. The second-order valence-corrected chi connectivity index (χ2v) is 9.37. The van der Waals surface area contributed by atoms with Gasteiger partial charge in [-0.05, 0) is 38.1 Å². The Morgan fingerprint density at radius 3 is 2.60 bits per heavy atom. The minimum atomic E-state index is -0.272. The maximum absolute atomic E-state index is 13.3. The molecule has 8 nitrogen and oxygen atoms in total. The maximum Gasteiger partial charge on any atom is 0.289 e. The van der Waals surface area contributed by atoms with Gasteiger partial charge in [0, 0.05) is 36.4 Å². The number of para-hydroxylation sites is 1. The van der Waals surface area contributed by atoms with Gasteiger partial charge in [0.15, 0.2) is 0 Å². The molecule has 35 heavy (non-hydrogen) atoms. The highest BCUT2D eigenvalue weighted by molar-refractivity contribution is 6.06. The minimum Gasteiger partial charge on any atom is -0.344 e. The van der Waals surface area contributed by atoms with Gasteiger partial charge in [-0.25, -0.2) is 0 Å². The first kappa shape index (κ1) is 23.0. The number of pyridine rings is 1. The van der Waals surface area contributed by atoms with Crippen LogP contribution in [0.3, 0.4) is 0 Å². The first-order valence-corrected chi connectivity index (χ1v) is 12.1. The van der Waals surface area contributed by atoms with E-state index in [1.165, 1.54) is 0 Å². The van der Waals surface area contributed by atoms with Crippen LogP contribution in [0.2, 0.25) is 0 Å². The lowest BCUT2D eigenvalue weighted by atomic mass is 10.0. The number of carbonyl (C=O) groups excluding carboxylic acids is 1. The summed E-state index contributed by atoms with van der Waals surface area (Å²) in [7, 11) is 0. The van der Waals surface area contributed by atoms with Crippen LogP contribution < -0.4 is 16.0 Å². The Labute approximate surface area is 204 Å². The number of carbonyl (C=O) groups is 1. The smallest absolute Gasteiger partial charge is 0.289 e. The van der Waals surface area contributed by atoms with Crippen LogP contribution in [0.4, 0.5) is 5.95 Å². The van der Waals surface area contributed by atoms with Crippen LogP contribution in [-0.4, -0.2) is 44.8 Å². The van der Waals surface area contributed by atoms with Gasteiger partial charge in [-0.2, -0.15) is 0 Å². The number of aromatic nitrogens is 4.